The van der Waals surface area contributed by atoms with E-state index in [4.69, 9.17) is 0 Å². The van der Waals surface area contributed by atoms with E-state index in [1.165, 1.54) is 6.08 Å². The summed E-state index contributed by atoms with van der Waals surface area (Å²) in [6.07, 6.45) is -2.82. The van der Waals surface area contributed by atoms with Crippen molar-refractivity contribution in [3.8, 4) is 6.07 Å². The molecule has 29 heavy (non-hydrogen) atoms. The number of nitrogens with zero attached hydrogens (tertiary/aromatic N) is 2. The summed E-state index contributed by atoms with van der Waals surface area (Å²) in [5.74, 6) is -0.575. The van der Waals surface area contributed by atoms with Gasteiger partial charge in [-0.1, -0.05) is 13.8 Å². The topological polar surface area (TPSA) is 90.7 Å². The van der Waals surface area contributed by atoms with E-state index in [-0.39, 0.29) is 5.57 Å². The predicted molar refractivity (Wildman–Crippen MR) is 103 cm³/mol. The zero-order valence-electron chi connectivity index (χ0n) is 16.4. The summed E-state index contributed by atoms with van der Waals surface area (Å²) in [7, 11) is 0. The zero-order valence-corrected chi connectivity index (χ0v) is 16.4. The van der Waals surface area contributed by atoms with Gasteiger partial charge in [0.1, 0.15) is 17.3 Å². The lowest BCUT2D eigenvalue weighted by Crippen LogP contribution is -2.22. The van der Waals surface area contributed by atoms with Gasteiger partial charge >= 0.3 is 6.18 Å². The Bertz CT molecular complexity index is 1050. The normalized spacial score (nSPS) is 12.2. The van der Waals surface area contributed by atoms with Gasteiger partial charge in [-0.25, -0.2) is 0 Å². The molecule has 2 rings (SSSR count). The van der Waals surface area contributed by atoms with Crippen LogP contribution in [-0.2, 0) is 17.5 Å². The van der Waals surface area contributed by atoms with Crippen molar-refractivity contribution in [2.75, 3.05) is 5.32 Å². The molecule has 1 amide bonds. The quantitative estimate of drug-likeness (QED) is 0.581. The number of carbonyl (C=O) groups excluding carboxylic acids is 1. The first-order valence-electron chi connectivity index (χ1n) is 8.83. The third kappa shape index (κ3) is 5.16. The smallest absolute Gasteiger partial charge is 0.348 e. The van der Waals surface area contributed by atoms with Crippen molar-refractivity contribution in [2.45, 2.75) is 40.4 Å². The highest BCUT2D eigenvalue weighted by molar-refractivity contribution is 6.09. The van der Waals surface area contributed by atoms with Gasteiger partial charge in [-0.15, -0.1) is 0 Å². The molecule has 0 fully saturated rings. The fourth-order valence-corrected chi connectivity index (χ4v) is 2.85. The van der Waals surface area contributed by atoms with Gasteiger partial charge in [-0.2, -0.15) is 18.4 Å². The van der Waals surface area contributed by atoms with E-state index >= 15 is 0 Å². The van der Waals surface area contributed by atoms with Gasteiger partial charge < -0.3 is 14.9 Å². The summed E-state index contributed by atoms with van der Waals surface area (Å²) in [5.41, 5.74) is -0.482. The molecular formula is C20H21F3N4O2. The van der Waals surface area contributed by atoms with Crippen LogP contribution in [0.2, 0.25) is 0 Å². The molecule has 154 valence electrons. The fourth-order valence-electron chi connectivity index (χ4n) is 2.85. The largest absolute Gasteiger partial charge is 0.417 e. The number of rotatable bonds is 5. The number of hydrogen-bond donors (Lipinski definition) is 2. The molecule has 0 aliphatic carbocycles. The summed E-state index contributed by atoms with van der Waals surface area (Å²) >= 11 is 0. The maximum absolute atomic E-state index is 12.8. The standard InChI is InChI=1S/C20H21F3N4O2/c1-11(2)10-27-12(3)5-14(13(27)4)6-15(8-24)18(28)26-17-7-16(20(21,22)23)9-25-19(17)29/h5-7,9,11H,10H2,1-4H3,(H,25,29)(H,26,28). The number of alkyl halides is 3. The zero-order chi connectivity index (χ0) is 21.9. The van der Waals surface area contributed by atoms with Gasteiger partial charge in [-0.05, 0) is 43.5 Å². The Morgan fingerprint density at radius 2 is 2.00 bits per heavy atom. The molecular weight excluding hydrogens is 385 g/mol. The van der Waals surface area contributed by atoms with Crippen molar-refractivity contribution < 1.29 is 18.0 Å². The average Bonchev–Trinajstić information content (AvgIpc) is 2.87. The molecule has 0 bridgehead atoms. The van der Waals surface area contributed by atoms with Gasteiger partial charge in [0.15, 0.2) is 0 Å². The van der Waals surface area contributed by atoms with Crippen LogP contribution in [0.15, 0.2) is 28.7 Å². The minimum Gasteiger partial charge on any atom is -0.348 e. The van der Waals surface area contributed by atoms with Crippen LogP contribution in [0.5, 0.6) is 0 Å². The third-order valence-corrected chi connectivity index (χ3v) is 4.30. The summed E-state index contributed by atoms with van der Waals surface area (Å²) in [4.78, 5) is 26.1. The maximum atomic E-state index is 12.8. The Kier molecular flexibility index (Phi) is 6.37. The molecule has 0 aliphatic heterocycles. The molecule has 0 radical (unpaired) electrons. The third-order valence-electron chi connectivity index (χ3n) is 4.30. The van der Waals surface area contributed by atoms with Crippen molar-refractivity contribution in [3.63, 3.8) is 0 Å². The molecule has 0 saturated carbocycles. The van der Waals surface area contributed by atoms with E-state index in [9.17, 15) is 28.0 Å². The second kappa shape index (κ2) is 8.39. The Morgan fingerprint density at radius 1 is 1.34 bits per heavy atom. The van der Waals surface area contributed by atoms with Crippen molar-refractivity contribution in [2.24, 2.45) is 5.92 Å². The molecule has 0 unspecified atom stereocenters. The number of carbonyl (C=O) groups is 1. The van der Waals surface area contributed by atoms with E-state index in [1.807, 2.05) is 24.9 Å². The predicted octanol–water partition coefficient (Wildman–Crippen LogP) is 4.01. The number of aromatic amines is 1. The fraction of sp³-hybridized carbons (Fsp3) is 0.350. The molecule has 2 heterocycles. The first-order chi connectivity index (χ1) is 13.4. The summed E-state index contributed by atoms with van der Waals surface area (Å²) in [6, 6.07) is 4.08. The highest BCUT2D eigenvalue weighted by Gasteiger charge is 2.31. The first-order valence-corrected chi connectivity index (χ1v) is 8.83. The number of nitrogens with one attached hydrogen (secondary N) is 2. The number of hydrogen-bond acceptors (Lipinski definition) is 3. The lowest BCUT2D eigenvalue weighted by Gasteiger charge is -2.12. The van der Waals surface area contributed by atoms with Crippen molar-refractivity contribution in [1.82, 2.24) is 9.55 Å². The van der Waals surface area contributed by atoms with E-state index < -0.39 is 28.9 Å². The second-order valence-corrected chi connectivity index (χ2v) is 7.08. The van der Waals surface area contributed by atoms with Crippen LogP contribution in [-0.4, -0.2) is 15.5 Å². The highest BCUT2D eigenvalue weighted by Crippen LogP contribution is 2.29. The number of nitriles is 1. The molecule has 0 aromatic carbocycles. The van der Waals surface area contributed by atoms with Crippen LogP contribution < -0.4 is 10.9 Å². The van der Waals surface area contributed by atoms with Crippen LogP contribution in [0.3, 0.4) is 0 Å². The van der Waals surface area contributed by atoms with Gasteiger partial charge in [0.05, 0.1) is 5.56 Å². The Labute approximate surface area is 165 Å². The molecule has 0 saturated heterocycles. The second-order valence-electron chi connectivity index (χ2n) is 7.08. The highest BCUT2D eigenvalue weighted by atomic mass is 19.4. The Morgan fingerprint density at radius 3 is 2.55 bits per heavy atom. The van der Waals surface area contributed by atoms with Crippen molar-refractivity contribution >= 4 is 17.7 Å². The lowest BCUT2D eigenvalue weighted by molar-refractivity contribution is -0.137. The van der Waals surface area contributed by atoms with Crippen LogP contribution in [0.4, 0.5) is 18.9 Å². The number of anilines is 1. The number of aryl methyl sites for hydroxylation is 1. The van der Waals surface area contributed by atoms with Crippen molar-refractivity contribution in [1.29, 1.82) is 5.26 Å². The molecule has 0 spiro atoms. The van der Waals surface area contributed by atoms with Crippen LogP contribution >= 0.6 is 0 Å². The Balaban J connectivity index is 2.36. The van der Waals surface area contributed by atoms with Crippen LogP contribution in [0.25, 0.3) is 6.08 Å². The minimum absolute atomic E-state index is 0.327. The van der Waals surface area contributed by atoms with E-state index in [1.54, 1.807) is 6.07 Å². The average molecular weight is 406 g/mol. The van der Waals surface area contributed by atoms with E-state index in [2.05, 4.69) is 23.7 Å². The number of amides is 1. The number of pyridine rings is 1. The first kappa shape index (κ1) is 22.0. The van der Waals surface area contributed by atoms with E-state index in [0.29, 0.717) is 23.7 Å². The van der Waals surface area contributed by atoms with Gasteiger partial charge in [0, 0.05) is 24.1 Å². The SMILES string of the molecule is Cc1cc(C=C(C#N)C(=O)Nc2cc(C(F)(F)F)c[nH]c2=O)c(C)n1CC(C)C. The van der Waals surface area contributed by atoms with E-state index in [0.717, 1.165) is 17.9 Å². The molecule has 2 N–H and O–H groups in total. The molecule has 0 atom stereocenters. The summed E-state index contributed by atoms with van der Waals surface area (Å²) in [6.45, 7) is 8.65. The number of aromatic nitrogens is 2. The molecule has 6 nitrogen and oxygen atoms in total. The van der Waals surface area contributed by atoms with Crippen LogP contribution in [0.1, 0.15) is 36.4 Å². The molecule has 2 aromatic heterocycles. The number of halogens is 3. The van der Waals surface area contributed by atoms with Crippen LogP contribution in [0, 0.1) is 31.1 Å². The lowest BCUT2D eigenvalue weighted by atomic mass is 10.1. The summed E-state index contributed by atoms with van der Waals surface area (Å²) in [5, 5.41) is 11.4. The molecule has 2 aromatic rings. The monoisotopic (exact) mass is 406 g/mol. The minimum atomic E-state index is -4.69. The van der Waals surface area contributed by atoms with Crippen molar-refractivity contribution in [3.05, 3.63) is 56.8 Å². The van der Waals surface area contributed by atoms with Gasteiger partial charge in [0.25, 0.3) is 11.5 Å². The molecule has 9 heteroatoms. The maximum Gasteiger partial charge on any atom is 0.417 e. The molecule has 0 aliphatic rings. The van der Waals surface area contributed by atoms with Gasteiger partial charge in [-0.3, -0.25) is 9.59 Å². The Hall–Kier alpha value is -3.28. The number of H-pyrrole nitrogens is 1. The summed E-state index contributed by atoms with van der Waals surface area (Å²) < 4.78 is 40.5. The van der Waals surface area contributed by atoms with Gasteiger partial charge in [0.2, 0.25) is 0 Å².